The molecule has 1 heterocycles. The summed E-state index contributed by atoms with van der Waals surface area (Å²) in [4.78, 5) is 15.9. The third-order valence-electron chi connectivity index (χ3n) is 2.61. The van der Waals surface area contributed by atoms with Gasteiger partial charge in [0.15, 0.2) is 0 Å². The number of Topliss-reactive ketones (excluding diaryl/α,β-unsaturated/α-hetero) is 1. The van der Waals surface area contributed by atoms with Crippen LogP contribution in [0.4, 0.5) is 0 Å². The van der Waals surface area contributed by atoms with Crippen molar-refractivity contribution < 1.29 is 4.79 Å². The first-order valence-electron chi connectivity index (χ1n) is 5.12. The fraction of sp³-hybridized carbons (Fsp3) is 0.700. The highest BCUT2D eigenvalue weighted by Crippen LogP contribution is 2.12. The molecule has 1 rings (SSSR count). The predicted octanol–water partition coefficient (Wildman–Crippen LogP) is 0.158. The van der Waals surface area contributed by atoms with Gasteiger partial charge in [-0.25, -0.2) is 4.98 Å². The molecule has 84 valence electrons. The lowest BCUT2D eigenvalue weighted by Crippen LogP contribution is -2.30. The second kappa shape index (κ2) is 5.02. The summed E-state index contributed by atoms with van der Waals surface area (Å²) in [7, 11) is 1.78. The van der Waals surface area contributed by atoms with E-state index in [1.165, 1.54) is 6.33 Å². The number of nitrogens with two attached hydrogens (primary N) is 1. The molecule has 1 aromatic rings. The topological polar surface area (TPSA) is 73.8 Å². The SMILES string of the molecule is CC(C)C(CN)C(=O)Cc1ncnn1C. The van der Waals surface area contributed by atoms with Crippen LogP contribution in [0.3, 0.4) is 0 Å². The number of aromatic nitrogens is 3. The van der Waals surface area contributed by atoms with Crippen molar-refractivity contribution in [2.45, 2.75) is 20.3 Å². The van der Waals surface area contributed by atoms with E-state index < -0.39 is 0 Å². The second-order valence-electron chi connectivity index (χ2n) is 4.03. The van der Waals surface area contributed by atoms with E-state index in [-0.39, 0.29) is 17.6 Å². The summed E-state index contributed by atoms with van der Waals surface area (Å²) in [6, 6.07) is 0. The van der Waals surface area contributed by atoms with Crippen molar-refractivity contribution in [1.29, 1.82) is 0 Å². The number of hydrogen-bond donors (Lipinski definition) is 1. The molecule has 0 bridgehead atoms. The van der Waals surface area contributed by atoms with E-state index in [4.69, 9.17) is 5.73 Å². The number of rotatable bonds is 5. The molecule has 0 aliphatic heterocycles. The first-order valence-corrected chi connectivity index (χ1v) is 5.12. The zero-order valence-corrected chi connectivity index (χ0v) is 9.47. The Bertz CT molecular complexity index is 332. The number of ketones is 1. The van der Waals surface area contributed by atoms with E-state index in [2.05, 4.69) is 10.1 Å². The fourth-order valence-electron chi connectivity index (χ4n) is 1.54. The molecule has 0 saturated carbocycles. The van der Waals surface area contributed by atoms with Crippen molar-refractivity contribution in [2.75, 3.05) is 6.54 Å². The minimum absolute atomic E-state index is 0.0818. The maximum Gasteiger partial charge on any atom is 0.145 e. The maximum absolute atomic E-state index is 11.9. The maximum atomic E-state index is 11.9. The van der Waals surface area contributed by atoms with Crippen molar-refractivity contribution in [2.24, 2.45) is 24.6 Å². The molecule has 15 heavy (non-hydrogen) atoms. The van der Waals surface area contributed by atoms with Crippen molar-refractivity contribution >= 4 is 5.78 Å². The molecule has 0 fully saturated rings. The minimum Gasteiger partial charge on any atom is -0.330 e. The first kappa shape index (κ1) is 11.8. The molecule has 1 aromatic heterocycles. The average Bonchev–Trinajstić information content (AvgIpc) is 2.52. The Morgan fingerprint density at radius 2 is 2.27 bits per heavy atom. The monoisotopic (exact) mass is 210 g/mol. The molecule has 0 amide bonds. The van der Waals surface area contributed by atoms with Gasteiger partial charge in [-0.1, -0.05) is 13.8 Å². The highest BCUT2D eigenvalue weighted by atomic mass is 16.1. The van der Waals surface area contributed by atoms with Gasteiger partial charge in [0.05, 0.1) is 6.42 Å². The summed E-state index contributed by atoms with van der Waals surface area (Å²) in [5.74, 6) is 1.03. The number of carbonyl (C=O) groups is 1. The fourth-order valence-corrected chi connectivity index (χ4v) is 1.54. The van der Waals surface area contributed by atoms with Gasteiger partial charge in [0.25, 0.3) is 0 Å². The Balaban J connectivity index is 2.66. The molecule has 0 spiro atoms. The second-order valence-corrected chi connectivity index (χ2v) is 4.03. The standard InChI is InChI=1S/C10H18N4O/c1-7(2)8(5-11)9(15)4-10-12-6-13-14(10)3/h6-8H,4-5,11H2,1-3H3. The zero-order chi connectivity index (χ0) is 11.4. The van der Waals surface area contributed by atoms with Gasteiger partial charge in [-0.05, 0) is 5.92 Å². The lowest BCUT2D eigenvalue weighted by atomic mass is 9.90. The number of hydrogen-bond acceptors (Lipinski definition) is 4. The molecular weight excluding hydrogens is 192 g/mol. The van der Waals surface area contributed by atoms with Crippen LogP contribution in [0.15, 0.2) is 6.33 Å². The Morgan fingerprint density at radius 1 is 1.60 bits per heavy atom. The van der Waals surface area contributed by atoms with Crippen LogP contribution in [0.1, 0.15) is 19.7 Å². The molecule has 0 aliphatic carbocycles. The molecule has 0 radical (unpaired) electrons. The quantitative estimate of drug-likeness (QED) is 0.751. The zero-order valence-electron chi connectivity index (χ0n) is 9.47. The third kappa shape index (κ3) is 2.86. The minimum atomic E-state index is -0.0818. The molecule has 5 heteroatoms. The van der Waals surface area contributed by atoms with Crippen molar-refractivity contribution in [3.8, 4) is 0 Å². The smallest absolute Gasteiger partial charge is 0.145 e. The molecular formula is C10H18N4O. The third-order valence-corrected chi connectivity index (χ3v) is 2.61. The normalized spacial score (nSPS) is 13.1. The van der Waals surface area contributed by atoms with Crippen LogP contribution >= 0.6 is 0 Å². The van der Waals surface area contributed by atoms with Crippen LogP contribution < -0.4 is 5.73 Å². The van der Waals surface area contributed by atoms with Gasteiger partial charge < -0.3 is 5.73 Å². The van der Waals surface area contributed by atoms with E-state index in [1.807, 2.05) is 13.8 Å². The molecule has 1 unspecified atom stereocenters. The van der Waals surface area contributed by atoms with E-state index in [0.717, 1.165) is 0 Å². The summed E-state index contributed by atoms with van der Waals surface area (Å²) in [5.41, 5.74) is 5.58. The van der Waals surface area contributed by atoms with Crippen LogP contribution in [0.25, 0.3) is 0 Å². The number of nitrogens with zero attached hydrogens (tertiary/aromatic N) is 3. The Morgan fingerprint density at radius 3 is 2.67 bits per heavy atom. The Labute approximate surface area is 89.7 Å². The van der Waals surface area contributed by atoms with Crippen molar-refractivity contribution in [3.63, 3.8) is 0 Å². The summed E-state index contributed by atoms with van der Waals surface area (Å²) in [6.07, 6.45) is 1.77. The lowest BCUT2D eigenvalue weighted by molar-refractivity contribution is -0.123. The van der Waals surface area contributed by atoms with Crippen LogP contribution in [-0.2, 0) is 18.3 Å². The molecule has 0 saturated heterocycles. The molecule has 1 atom stereocenters. The van der Waals surface area contributed by atoms with Gasteiger partial charge in [-0.15, -0.1) is 0 Å². The Hall–Kier alpha value is -1.23. The Kier molecular flexibility index (Phi) is 3.96. The first-order chi connectivity index (χ1) is 7.06. The molecule has 5 nitrogen and oxygen atoms in total. The average molecular weight is 210 g/mol. The molecule has 0 aromatic carbocycles. The summed E-state index contributed by atoms with van der Waals surface area (Å²) < 4.78 is 1.62. The number of aryl methyl sites for hydroxylation is 1. The van der Waals surface area contributed by atoms with Gasteiger partial charge in [0.1, 0.15) is 17.9 Å². The summed E-state index contributed by atoms with van der Waals surface area (Å²) >= 11 is 0. The molecule has 0 aliphatic rings. The van der Waals surface area contributed by atoms with Gasteiger partial charge in [-0.2, -0.15) is 5.10 Å². The van der Waals surface area contributed by atoms with Gasteiger partial charge in [0.2, 0.25) is 0 Å². The van der Waals surface area contributed by atoms with E-state index in [9.17, 15) is 4.79 Å². The van der Waals surface area contributed by atoms with Crippen LogP contribution in [0.2, 0.25) is 0 Å². The van der Waals surface area contributed by atoms with Gasteiger partial charge in [0, 0.05) is 19.5 Å². The van der Waals surface area contributed by atoms with E-state index in [1.54, 1.807) is 11.7 Å². The van der Waals surface area contributed by atoms with Gasteiger partial charge >= 0.3 is 0 Å². The van der Waals surface area contributed by atoms with Crippen LogP contribution in [0.5, 0.6) is 0 Å². The number of carbonyl (C=O) groups excluding carboxylic acids is 1. The highest BCUT2D eigenvalue weighted by molar-refractivity contribution is 5.83. The largest absolute Gasteiger partial charge is 0.330 e. The summed E-state index contributed by atoms with van der Waals surface area (Å²) in [5, 5.41) is 3.92. The van der Waals surface area contributed by atoms with Gasteiger partial charge in [-0.3, -0.25) is 9.48 Å². The van der Waals surface area contributed by atoms with Crippen molar-refractivity contribution in [1.82, 2.24) is 14.8 Å². The van der Waals surface area contributed by atoms with Crippen molar-refractivity contribution in [3.05, 3.63) is 12.2 Å². The highest BCUT2D eigenvalue weighted by Gasteiger charge is 2.21. The predicted molar refractivity (Wildman–Crippen MR) is 57.1 cm³/mol. The van der Waals surface area contributed by atoms with Crippen LogP contribution in [-0.4, -0.2) is 27.1 Å². The van der Waals surface area contributed by atoms with E-state index in [0.29, 0.717) is 18.8 Å². The molecule has 2 N–H and O–H groups in total. The summed E-state index contributed by atoms with van der Waals surface area (Å²) in [6.45, 7) is 4.41. The van der Waals surface area contributed by atoms with Crippen LogP contribution in [0, 0.1) is 11.8 Å². The van der Waals surface area contributed by atoms with E-state index >= 15 is 0 Å². The lowest BCUT2D eigenvalue weighted by Gasteiger charge is -2.16.